The van der Waals surface area contributed by atoms with Crippen molar-refractivity contribution in [1.82, 2.24) is 0 Å². The molecule has 0 fully saturated rings. The number of anilines is 1. The number of esters is 1. The number of nitrogens with one attached hydrogen (secondary N) is 1. The van der Waals surface area contributed by atoms with Crippen molar-refractivity contribution in [2.45, 2.75) is 33.1 Å². The molecule has 0 saturated heterocycles. The monoisotopic (exact) mass is 413 g/mol. The zero-order chi connectivity index (χ0) is 22.1. The Labute approximate surface area is 176 Å². The highest BCUT2D eigenvalue weighted by Crippen LogP contribution is 2.26. The average Bonchev–Trinajstić information content (AvgIpc) is 2.70. The maximum atomic E-state index is 12.2. The van der Waals surface area contributed by atoms with Crippen LogP contribution in [0.5, 0.6) is 11.5 Å². The van der Waals surface area contributed by atoms with E-state index >= 15 is 0 Å². The minimum atomic E-state index is -0.503. The van der Waals surface area contributed by atoms with Gasteiger partial charge in [0.1, 0.15) is 0 Å². The largest absolute Gasteiger partial charge is 0.504 e. The van der Waals surface area contributed by atoms with Crippen LogP contribution in [0.2, 0.25) is 0 Å². The fraction of sp³-hybridized carbons (Fsp3) is 0.348. The third-order valence-corrected chi connectivity index (χ3v) is 4.31. The molecule has 7 nitrogen and oxygen atoms in total. The third-order valence-electron chi connectivity index (χ3n) is 4.31. The van der Waals surface area contributed by atoms with Crippen molar-refractivity contribution in [3.05, 3.63) is 53.6 Å². The maximum absolute atomic E-state index is 12.2. The van der Waals surface area contributed by atoms with Gasteiger partial charge in [-0.15, -0.1) is 0 Å². The zero-order valence-corrected chi connectivity index (χ0v) is 17.4. The number of rotatable bonds is 10. The Hall–Kier alpha value is -3.35. The predicted molar refractivity (Wildman–Crippen MR) is 113 cm³/mol. The number of amides is 1. The number of phenolic OH excluding ortho intramolecular Hbond substituents is 1. The molecule has 30 heavy (non-hydrogen) atoms. The van der Waals surface area contributed by atoms with E-state index in [1.807, 2.05) is 13.8 Å². The highest BCUT2D eigenvalue weighted by atomic mass is 16.5. The lowest BCUT2D eigenvalue weighted by Crippen LogP contribution is -2.15. The minimum Gasteiger partial charge on any atom is -0.504 e. The Morgan fingerprint density at radius 2 is 1.77 bits per heavy atom. The molecule has 7 heteroatoms. The van der Waals surface area contributed by atoms with Gasteiger partial charge in [0.05, 0.1) is 7.11 Å². The van der Waals surface area contributed by atoms with E-state index in [0.29, 0.717) is 29.8 Å². The number of methoxy groups -OCH3 is 1. The first kappa shape index (κ1) is 22.9. The molecule has 0 aliphatic rings. The van der Waals surface area contributed by atoms with Crippen LogP contribution in [-0.4, -0.2) is 36.5 Å². The van der Waals surface area contributed by atoms with Crippen LogP contribution in [0.3, 0.4) is 0 Å². The van der Waals surface area contributed by atoms with E-state index in [0.717, 1.165) is 5.56 Å². The molecule has 0 aliphatic carbocycles. The Balaban J connectivity index is 1.78. The molecule has 160 valence electrons. The predicted octanol–water partition coefficient (Wildman–Crippen LogP) is 3.74. The molecule has 2 aromatic carbocycles. The Morgan fingerprint density at radius 1 is 1.07 bits per heavy atom. The fourth-order valence-electron chi connectivity index (χ4n) is 2.76. The highest BCUT2D eigenvalue weighted by molar-refractivity contribution is 5.98. The van der Waals surface area contributed by atoms with Crippen molar-refractivity contribution in [3.8, 4) is 11.5 Å². The number of carbonyl (C=O) groups excluding carboxylic acids is 3. The van der Waals surface area contributed by atoms with Crippen molar-refractivity contribution < 1.29 is 29.0 Å². The Kier molecular flexibility index (Phi) is 8.41. The quantitative estimate of drug-likeness (QED) is 0.454. The van der Waals surface area contributed by atoms with E-state index < -0.39 is 5.97 Å². The van der Waals surface area contributed by atoms with Gasteiger partial charge in [-0.1, -0.05) is 19.9 Å². The number of aryl methyl sites for hydroxylation is 1. The van der Waals surface area contributed by atoms with Crippen molar-refractivity contribution >= 4 is 23.3 Å². The molecule has 0 heterocycles. The van der Waals surface area contributed by atoms with Crippen LogP contribution in [-0.2, 0) is 20.7 Å². The van der Waals surface area contributed by atoms with Gasteiger partial charge in [0, 0.05) is 24.1 Å². The summed E-state index contributed by atoms with van der Waals surface area (Å²) < 4.78 is 10.0. The summed E-state index contributed by atoms with van der Waals surface area (Å²) in [7, 11) is 1.46. The van der Waals surface area contributed by atoms with E-state index in [1.165, 1.54) is 13.2 Å². The van der Waals surface area contributed by atoms with Gasteiger partial charge in [-0.05, 0) is 54.3 Å². The second kappa shape index (κ2) is 11.0. The molecule has 0 bridgehead atoms. The van der Waals surface area contributed by atoms with Crippen LogP contribution in [0, 0.1) is 5.92 Å². The molecule has 0 spiro atoms. The molecule has 0 saturated carbocycles. The van der Waals surface area contributed by atoms with Gasteiger partial charge in [-0.2, -0.15) is 0 Å². The smallest absolute Gasteiger partial charge is 0.306 e. The van der Waals surface area contributed by atoms with Crippen LogP contribution in [0.15, 0.2) is 42.5 Å². The summed E-state index contributed by atoms with van der Waals surface area (Å²) in [5.74, 6) is -0.291. The first-order chi connectivity index (χ1) is 14.3. The van der Waals surface area contributed by atoms with Gasteiger partial charge >= 0.3 is 5.97 Å². The molecule has 2 N–H and O–H groups in total. The first-order valence-corrected chi connectivity index (χ1v) is 9.73. The number of ketones is 1. The van der Waals surface area contributed by atoms with Crippen molar-refractivity contribution in [3.63, 3.8) is 0 Å². The summed E-state index contributed by atoms with van der Waals surface area (Å²) in [5, 5.41) is 12.5. The maximum Gasteiger partial charge on any atom is 0.306 e. The van der Waals surface area contributed by atoms with Gasteiger partial charge in [0.2, 0.25) is 5.91 Å². The number of hydrogen-bond acceptors (Lipinski definition) is 6. The number of phenols is 1. The standard InChI is InChI=1S/C23H27NO6/c1-15(2)12-22(27)24-18-8-6-17(7-9-18)20(26)14-30-23(28)11-5-16-4-10-21(29-3)19(25)13-16/h4,6-10,13,15,25H,5,11-12,14H2,1-3H3,(H,24,27). The van der Waals surface area contributed by atoms with Gasteiger partial charge in [0.25, 0.3) is 0 Å². The molecule has 0 aromatic heterocycles. The lowest BCUT2D eigenvalue weighted by molar-refractivity contribution is -0.142. The van der Waals surface area contributed by atoms with Gasteiger partial charge in [0.15, 0.2) is 23.9 Å². The van der Waals surface area contributed by atoms with Crippen molar-refractivity contribution in [2.75, 3.05) is 19.0 Å². The van der Waals surface area contributed by atoms with Gasteiger partial charge in [-0.25, -0.2) is 0 Å². The molecule has 0 unspecified atom stereocenters. The number of Topliss-reactive ketones (excluding diaryl/α,β-unsaturated/α-hetero) is 1. The summed E-state index contributed by atoms with van der Waals surface area (Å²) in [5.41, 5.74) is 1.76. The first-order valence-electron chi connectivity index (χ1n) is 9.73. The average molecular weight is 413 g/mol. The van der Waals surface area contributed by atoms with Crippen LogP contribution in [0.25, 0.3) is 0 Å². The van der Waals surface area contributed by atoms with Gasteiger partial charge in [-0.3, -0.25) is 14.4 Å². The number of aromatic hydroxyl groups is 1. The van der Waals surface area contributed by atoms with E-state index in [9.17, 15) is 19.5 Å². The summed E-state index contributed by atoms with van der Waals surface area (Å²) in [4.78, 5) is 35.9. The van der Waals surface area contributed by atoms with Crippen molar-refractivity contribution in [1.29, 1.82) is 0 Å². The van der Waals surface area contributed by atoms with Crippen LogP contribution >= 0.6 is 0 Å². The number of carbonyl (C=O) groups is 3. The molecule has 2 rings (SSSR count). The van der Waals surface area contributed by atoms with Crippen molar-refractivity contribution in [2.24, 2.45) is 5.92 Å². The molecular formula is C23H27NO6. The molecule has 0 aliphatic heterocycles. The Morgan fingerprint density at radius 3 is 2.37 bits per heavy atom. The molecule has 0 radical (unpaired) electrons. The summed E-state index contributed by atoms with van der Waals surface area (Å²) in [6.07, 6.45) is 0.877. The van der Waals surface area contributed by atoms with Crippen LogP contribution < -0.4 is 10.1 Å². The van der Waals surface area contributed by atoms with E-state index in [4.69, 9.17) is 9.47 Å². The third kappa shape index (κ3) is 7.24. The number of benzene rings is 2. The molecular weight excluding hydrogens is 386 g/mol. The van der Waals surface area contributed by atoms with E-state index in [2.05, 4.69) is 5.32 Å². The fourth-order valence-corrected chi connectivity index (χ4v) is 2.76. The second-order valence-corrected chi connectivity index (χ2v) is 7.31. The summed E-state index contributed by atoms with van der Waals surface area (Å²) in [6.45, 7) is 3.57. The summed E-state index contributed by atoms with van der Waals surface area (Å²) >= 11 is 0. The molecule has 2 aromatic rings. The minimum absolute atomic E-state index is 0.00221. The SMILES string of the molecule is COc1ccc(CCC(=O)OCC(=O)c2ccc(NC(=O)CC(C)C)cc2)cc1O. The lowest BCUT2D eigenvalue weighted by atomic mass is 10.1. The highest BCUT2D eigenvalue weighted by Gasteiger charge is 2.12. The topological polar surface area (TPSA) is 102 Å². The van der Waals surface area contributed by atoms with E-state index in [-0.39, 0.29) is 36.4 Å². The molecule has 1 amide bonds. The van der Waals surface area contributed by atoms with Crippen LogP contribution in [0.4, 0.5) is 5.69 Å². The normalized spacial score (nSPS) is 10.5. The molecule has 0 atom stereocenters. The van der Waals surface area contributed by atoms with Crippen LogP contribution in [0.1, 0.15) is 42.6 Å². The lowest BCUT2D eigenvalue weighted by Gasteiger charge is -2.08. The number of hydrogen-bond donors (Lipinski definition) is 2. The summed E-state index contributed by atoms with van der Waals surface area (Å²) in [6, 6.07) is 11.3. The van der Waals surface area contributed by atoms with Gasteiger partial charge < -0.3 is 19.9 Å². The second-order valence-electron chi connectivity index (χ2n) is 7.31. The zero-order valence-electron chi connectivity index (χ0n) is 17.4. The van der Waals surface area contributed by atoms with E-state index in [1.54, 1.807) is 36.4 Å². The number of ether oxygens (including phenoxy) is 2. The Bertz CT molecular complexity index is 889.